The molecule has 0 fully saturated rings. The van der Waals surface area contributed by atoms with Crippen LogP contribution in [0.4, 0.5) is 5.13 Å². The molecule has 0 saturated carbocycles. The van der Waals surface area contributed by atoms with E-state index in [1.54, 1.807) is 12.1 Å². The number of nitrogens with zero attached hydrogens (tertiary/aromatic N) is 1. The number of nitrogens with one attached hydrogen (secondary N) is 1. The lowest BCUT2D eigenvalue weighted by atomic mass is 9.93. The van der Waals surface area contributed by atoms with Crippen LogP contribution in [0.15, 0.2) is 34.5 Å². The highest BCUT2D eigenvalue weighted by Crippen LogP contribution is 2.28. The number of sulfonamides is 1. The Balaban J connectivity index is 2.18. The van der Waals surface area contributed by atoms with Crippen molar-refractivity contribution in [2.45, 2.75) is 38.0 Å². The molecule has 1 aromatic carbocycles. The van der Waals surface area contributed by atoms with Crippen LogP contribution >= 0.6 is 11.3 Å². The summed E-state index contributed by atoms with van der Waals surface area (Å²) in [5.74, 6) is 0.644. The van der Waals surface area contributed by atoms with Gasteiger partial charge in [0.25, 0.3) is 10.0 Å². The average Bonchev–Trinajstić information content (AvgIpc) is 2.87. The summed E-state index contributed by atoms with van der Waals surface area (Å²) >= 11 is 1.28. The monoisotopic (exact) mass is 340 g/mol. The van der Waals surface area contributed by atoms with Crippen LogP contribution in [0.2, 0.25) is 0 Å². The predicted molar refractivity (Wildman–Crippen MR) is 89.2 cm³/mol. The van der Waals surface area contributed by atoms with E-state index >= 15 is 0 Å². The zero-order valence-corrected chi connectivity index (χ0v) is 14.7. The molecule has 7 heteroatoms. The topological polar surface area (TPSA) is 68.3 Å². The van der Waals surface area contributed by atoms with Crippen LogP contribution in [-0.2, 0) is 15.4 Å². The minimum atomic E-state index is -3.63. The summed E-state index contributed by atoms with van der Waals surface area (Å²) < 4.78 is 32.5. The van der Waals surface area contributed by atoms with Crippen molar-refractivity contribution in [3.63, 3.8) is 0 Å². The molecule has 0 bridgehead atoms. The van der Waals surface area contributed by atoms with Gasteiger partial charge >= 0.3 is 0 Å². The number of aromatic nitrogens is 1. The highest BCUT2D eigenvalue weighted by molar-refractivity contribution is 7.93. The van der Waals surface area contributed by atoms with Gasteiger partial charge in [0, 0.05) is 10.8 Å². The molecule has 120 valence electrons. The third kappa shape index (κ3) is 3.98. The van der Waals surface area contributed by atoms with E-state index in [1.807, 2.05) is 33.1 Å². The lowest BCUT2D eigenvalue weighted by Crippen LogP contribution is -2.14. The van der Waals surface area contributed by atoms with Crippen molar-refractivity contribution in [2.75, 3.05) is 11.3 Å². The molecule has 0 spiro atoms. The van der Waals surface area contributed by atoms with Crippen LogP contribution < -0.4 is 9.46 Å². The second-order valence-corrected chi connectivity index (χ2v) is 8.34. The quantitative estimate of drug-likeness (QED) is 0.902. The molecule has 1 aromatic heterocycles. The molecular formula is C15H20N2O3S2. The fourth-order valence-corrected chi connectivity index (χ4v) is 3.91. The summed E-state index contributed by atoms with van der Waals surface area (Å²) in [5, 5.41) is 2.24. The van der Waals surface area contributed by atoms with Gasteiger partial charge in [-0.15, -0.1) is 11.3 Å². The van der Waals surface area contributed by atoms with Gasteiger partial charge in [0.15, 0.2) is 5.13 Å². The van der Waals surface area contributed by atoms with Crippen molar-refractivity contribution in [3.05, 3.63) is 35.3 Å². The number of rotatable bonds is 5. The van der Waals surface area contributed by atoms with Gasteiger partial charge in [0.1, 0.15) is 5.75 Å². The maximum Gasteiger partial charge on any atom is 0.263 e. The molecule has 0 atom stereocenters. The minimum absolute atomic E-state index is 0.112. The molecule has 1 N–H and O–H groups in total. The van der Waals surface area contributed by atoms with Crippen molar-refractivity contribution < 1.29 is 13.2 Å². The van der Waals surface area contributed by atoms with Crippen LogP contribution in [0.25, 0.3) is 0 Å². The molecule has 5 nitrogen and oxygen atoms in total. The summed E-state index contributed by atoms with van der Waals surface area (Å²) in [6.07, 6.45) is 0. The van der Waals surface area contributed by atoms with Crippen LogP contribution in [0.5, 0.6) is 5.75 Å². The Bertz CT molecular complexity index is 729. The Kier molecular flexibility index (Phi) is 4.77. The standard InChI is InChI=1S/C15H20N2O3S2/c1-5-20-11-6-8-12(9-7-11)22(18,19)17-14-16-13(10-21-14)15(2,3)4/h6-10H,5H2,1-4H3,(H,16,17). The zero-order chi connectivity index (χ0) is 16.4. The van der Waals surface area contributed by atoms with E-state index in [1.165, 1.54) is 23.5 Å². The van der Waals surface area contributed by atoms with Gasteiger partial charge in [-0.05, 0) is 31.2 Å². The Labute approximate surface area is 135 Å². The van der Waals surface area contributed by atoms with E-state index in [0.717, 1.165) is 5.69 Å². The zero-order valence-electron chi connectivity index (χ0n) is 13.1. The van der Waals surface area contributed by atoms with Crippen LogP contribution in [0.1, 0.15) is 33.4 Å². The first-order valence-corrected chi connectivity index (χ1v) is 9.30. The predicted octanol–water partition coefficient (Wildman–Crippen LogP) is 3.64. The van der Waals surface area contributed by atoms with Gasteiger partial charge < -0.3 is 4.74 Å². The number of hydrogen-bond acceptors (Lipinski definition) is 5. The summed E-state index contributed by atoms with van der Waals surface area (Å²) in [4.78, 5) is 4.53. The first kappa shape index (κ1) is 16.8. The number of benzene rings is 1. The van der Waals surface area contributed by atoms with Gasteiger partial charge in [-0.3, -0.25) is 4.72 Å². The SMILES string of the molecule is CCOc1ccc(S(=O)(=O)Nc2nc(C(C)(C)C)cs2)cc1. The normalized spacial score (nSPS) is 12.2. The number of thiazole rings is 1. The smallest absolute Gasteiger partial charge is 0.263 e. The third-order valence-electron chi connectivity index (χ3n) is 2.94. The lowest BCUT2D eigenvalue weighted by Gasteiger charge is -2.14. The molecule has 1 heterocycles. The van der Waals surface area contributed by atoms with Crippen LogP contribution in [0, 0.1) is 0 Å². The van der Waals surface area contributed by atoms with E-state index in [4.69, 9.17) is 4.74 Å². The van der Waals surface area contributed by atoms with E-state index in [2.05, 4.69) is 9.71 Å². The molecule has 0 aliphatic rings. The molecule has 0 unspecified atom stereocenters. The fraction of sp³-hybridized carbons (Fsp3) is 0.400. The van der Waals surface area contributed by atoms with Crippen molar-refractivity contribution in [2.24, 2.45) is 0 Å². The molecule has 0 saturated heterocycles. The first-order valence-electron chi connectivity index (χ1n) is 6.94. The molecule has 0 amide bonds. The third-order valence-corrected chi connectivity index (χ3v) is 5.18. The van der Waals surface area contributed by atoms with Gasteiger partial charge in [0.2, 0.25) is 0 Å². The molecule has 0 radical (unpaired) electrons. The maximum atomic E-state index is 12.3. The van der Waals surface area contributed by atoms with Crippen molar-refractivity contribution in [3.8, 4) is 5.75 Å². The highest BCUT2D eigenvalue weighted by atomic mass is 32.2. The number of anilines is 1. The molecule has 2 rings (SSSR count). The highest BCUT2D eigenvalue weighted by Gasteiger charge is 2.20. The molecule has 0 aliphatic heterocycles. The second kappa shape index (κ2) is 6.26. The van der Waals surface area contributed by atoms with Crippen LogP contribution in [-0.4, -0.2) is 20.0 Å². The van der Waals surface area contributed by atoms with Crippen molar-refractivity contribution in [1.29, 1.82) is 0 Å². The number of hydrogen-bond donors (Lipinski definition) is 1. The summed E-state index contributed by atoms with van der Waals surface area (Å²) in [6, 6.07) is 6.32. The molecule has 0 aliphatic carbocycles. The molecule has 2 aromatic rings. The minimum Gasteiger partial charge on any atom is -0.494 e. The van der Waals surface area contributed by atoms with Crippen molar-refractivity contribution >= 4 is 26.5 Å². The van der Waals surface area contributed by atoms with Crippen LogP contribution in [0.3, 0.4) is 0 Å². The van der Waals surface area contributed by atoms with E-state index in [0.29, 0.717) is 17.5 Å². The molecular weight excluding hydrogens is 320 g/mol. The van der Waals surface area contributed by atoms with Gasteiger partial charge in [-0.1, -0.05) is 20.8 Å². The number of ether oxygens (including phenoxy) is 1. The Morgan fingerprint density at radius 2 is 1.86 bits per heavy atom. The second-order valence-electron chi connectivity index (χ2n) is 5.80. The lowest BCUT2D eigenvalue weighted by molar-refractivity contribution is 0.340. The van der Waals surface area contributed by atoms with E-state index < -0.39 is 10.0 Å². The van der Waals surface area contributed by atoms with Gasteiger partial charge in [0.05, 0.1) is 17.2 Å². The fourth-order valence-electron chi connectivity index (χ4n) is 1.72. The summed E-state index contributed by atoms with van der Waals surface area (Å²) in [7, 11) is -3.63. The van der Waals surface area contributed by atoms with Gasteiger partial charge in [-0.25, -0.2) is 13.4 Å². The average molecular weight is 340 g/mol. The maximum absolute atomic E-state index is 12.3. The molecule has 22 heavy (non-hydrogen) atoms. The Morgan fingerprint density at radius 1 is 1.23 bits per heavy atom. The van der Waals surface area contributed by atoms with Gasteiger partial charge in [-0.2, -0.15) is 0 Å². The first-order chi connectivity index (χ1) is 10.2. The summed E-state index contributed by atoms with van der Waals surface area (Å²) in [6.45, 7) is 8.52. The summed E-state index contributed by atoms with van der Waals surface area (Å²) in [5.41, 5.74) is 0.751. The largest absolute Gasteiger partial charge is 0.494 e. The Morgan fingerprint density at radius 3 is 2.36 bits per heavy atom. The van der Waals surface area contributed by atoms with E-state index in [9.17, 15) is 8.42 Å². The Hall–Kier alpha value is -1.60. The van der Waals surface area contributed by atoms with E-state index in [-0.39, 0.29) is 10.3 Å². The van der Waals surface area contributed by atoms with Crippen molar-refractivity contribution in [1.82, 2.24) is 4.98 Å².